The number of aromatic nitrogens is 3. The molecule has 1 fully saturated rings. The van der Waals surface area contributed by atoms with Gasteiger partial charge in [-0.15, -0.1) is 17.5 Å². The van der Waals surface area contributed by atoms with Gasteiger partial charge in [0.25, 0.3) is 5.91 Å². The lowest BCUT2D eigenvalue weighted by Crippen LogP contribution is -2.45. The topological polar surface area (TPSA) is 90.3 Å². The van der Waals surface area contributed by atoms with Gasteiger partial charge in [0.1, 0.15) is 12.4 Å². The lowest BCUT2D eigenvalue weighted by molar-refractivity contribution is 0.0924. The van der Waals surface area contributed by atoms with Crippen molar-refractivity contribution >= 4 is 18.3 Å². The number of nitrogens with zero attached hydrogens (tertiary/aromatic N) is 3. The number of benzene rings is 1. The Morgan fingerprint density at radius 2 is 2.07 bits per heavy atom. The largest absolute Gasteiger partial charge is 0.491 e. The monoisotopic (exact) mass is 395 g/mol. The number of hydrogen-bond acceptors (Lipinski definition) is 6. The van der Waals surface area contributed by atoms with Gasteiger partial charge in [-0.1, -0.05) is 0 Å². The molecule has 1 aliphatic heterocycles. The molecule has 27 heavy (non-hydrogen) atoms. The maximum atomic E-state index is 12.5. The van der Waals surface area contributed by atoms with Crippen molar-refractivity contribution in [2.45, 2.75) is 25.8 Å². The highest BCUT2D eigenvalue weighted by Gasteiger charge is 2.21. The third-order valence-corrected chi connectivity index (χ3v) is 4.25. The van der Waals surface area contributed by atoms with Gasteiger partial charge in [-0.05, 0) is 50.6 Å². The Bertz CT molecular complexity index is 729. The van der Waals surface area contributed by atoms with Crippen molar-refractivity contribution in [1.29, 1.82) is 0 Å². The maximum Gasteiger partial charge on any atom is 0.274 e. The summed E-state index contributed by atoms with van der Waals surface area (Å²) in [6.07, 6.45) is 2.05. The molecule has 1 atom stereocenters. The van der Waals surface area contributed by atoms with Crippen molar-refractivity contribution in [3.63, 3.8) is 0 Å². The van der Waals surface area contributed by atoms with E-state index < -0.39 is 0 Å². The third kappa shape index (κ3) is 5.66. The Hall–Kier alpha value is -2.16. The molecule has 0 spiro atoms. The quantitative estimate of drug-likeness (QED) is 0.690. The third-order valence-electron chi connectivity index (χ3n) is 4.25. The van der Waals surface area contributed by atoms with Gasteiger partial charge >= 0.3 is 0 Å². The van der Waals surface area contributed by atoms with E-state index in [4.69, 9.17) is 9.47 Å². The number of piperidine rings is 1. The van der Waals surface area contributed by atoms with Crippen LogP contribution in [0.5, 0.6) is 5.75 Å². The van der Waals surface area contributed by atoms with Crippen LogP contribution in [-0.4, -0.2) is 60.4 Å². The average Bonchev–Trinajstić information content (AvgIpc) is 3.05. The number of halogens is 1. The van der Waals surface area contributed by atoms with E-state index in [1.54, 1.807) is 14.0 Å². The van der Waals surface area contributed by atoms with Crippen LogP contribution < -0.4 is 15.4 Å². The molecule has 2 heterocycles. The molecule has 1 amide bonds. The van der Waals surface area contributed by atoms with E-state index in [1.807, 2.05) is 24.3 Å². The summed E-state index contributed by atoms with van der Waals surface area (Å²) in [5, 5.41) is 15.0. The highest BCUT2D eigenvalue weighted by molar-refractivity contribution is 5.93. The van der Waals surface area contributed by atoms with E-state index in [0.29, 0.717) is 24.6 Å². The Morgan fingerprint density at radius 1 is 1.30 bits per heavy atom. The number of nitrogens with one attached hydrogen (secondary N) is 2. The molecule has 1 aliphatic rings. The Morgan fingerprint density at radius 3 is 2.74 bits per heavy atom. The molecule has 1 saturated heterocycles. The first-order valence-corrected chi connectivity index (χ1v) is 8.85. The van der Waals surface area contributed by atoms with E-state index >= 15 is 0 Å². The van der Waals surface area contributed by atoms with Crippen molar-refractivity contribution in [3.8, 4) is 11.4 Å². The minimum absolute atomic E-state index is 0. The van der Waals surface area contributed by atoms with Gasteiger partial charge in [0, 0.05) is 19.7 Å². The van der Waals surface area contributed by atoms with Crippen LogP contribution in [0.25, 0.3) is 5.69 Å². The van der Waals surface area contributed by atoms with Crippen molar-refractivity contribution in [2.24, 2.45) is 0 Å². The van der Waals surface area contributed by atoms with Crippen molar-refractivity contribution in [1.82, 2.24) is 25.6 Å². The molecular formula is C18H26ClN5O3. The number of rotatable bonds is 7. The van der Waals surface area contributed by atoms with E-state index in [2.05, 4.69) is 20.8 Å². The molecule has 1 aromatic carbocycles. The number of aryl methyl sites for hydroxylation is 1. The summed E-state index contributed by atoms with van der Waals surface area (Å²) in [5.74, 6) is 0.569. The predicted octanol–water partition coefficient (Wildman–Crippen LogP) is 1.50. The smallest absolute Gasteiger partial charge is 0.274 e. The Balaban J connectivity index is 0.00000261. The van der Waals surface area contributed by atoms with Gasteiger partial charge in [0.15, 0.2) is 5.69 Å². The standard InChI is InChI=1S/C18H25N5O3.ClH/c1-13-17(18(24)20-14-4-3-9-19-12-14)22-23(21-13)15-5-7-16(8-6-15)26-11-10-25-2;/h5-8,14,19H,3-4,9-12H2,1-2H3,(H,20,24);1H/t14-;/m0./s1. The molecule has 9 heteroatoms. The fourth-order valence-corrected chi connectivity index (χ4v) is 2.85. The second-order valence-corrected chi connectivity index (χ2v) is 6.28. The molecular weight excluding hydrogens is 370 g/mol. The number of amides is 1. The van der Waals surface area contributed by atoms with Gasteiger partial charge in [-0.25, -0.2) is 0 Å². The minimum Gasteiger partial charge on any atom is -0.491 e. The minimum atomic E-state index is -0.179. The average molecular weight is 396 g/mol. The first-order valence-electron chi connectivity index (χ1n) is 8.85. The fraction of sp³-hybridized carbons (Fsp3) is 0.500. The van der Waals surface area contributed by atoms with Crippen LogP contribution in [0.1, 0.15) is 29.0 Å². The van der Waals surface area contributed by atoms with Crippen molar-refractivity contribution in [3.05, 3.63) is 35.7 Å². The van der Waals surface area contributed by atoms with E-state index in [9.17, 15) is 4.79 Å². The van der Waals surface area contributed by atoms with E-state index in [-0.39, 0.29) is 24.4 Å². The van der Waals surface area contributed by atoms with Crippen LogP contribution in [0.3, 0.4) is 0 Å². The normalized spacial score (nSPS) is 16.4. The van der Waals surface area contributed by atoms with Crippen LogP contribution in [0.15, 0.2) is 24.3 Å². The van der Waals surface area contributed by atoms with Crippen LogP contribution in [-0.2, 0) is 4.74 Å². The first kappa shape index (κ1) is 21.1. The molecule has 3 rings (SSSR count). The number of ether oxygens (including phenoxy) is 2. The first-order chi connectivity index (χ1) is 12.7. The van der Waals surface area contributed by atoms with Crippen LogP contribution >= 0.6 is 12.4 Å². The molecule has 0 aliphatic carbocycles. The maximum absolute atomic E-state index is 12.5. The molecule has 148 valence electrons. The van der Waals surface area contributed by atoms with Crippen molar-refractivity contribution < 1.29 is 14.3 Å². The summed E-state index contributed by atoms with van der Waals surface area (Å²) >= 11 is 0. The summed E-state index contributed by atoms with van der Waals surface area (Å²) in [4.78, 5) is 14.0. The van der Waals surface area contributed by atoms with E-state index in [0.717, 1.165) is 37.4 Å². The molecule has 2 N–H and O–H groups in total. The van der Waals surface area contributed by atoms with Crippen LogP contribution in [0.4, 0.5) is 0 Å². The number of carbonyl (C=O) groups is 1. The number of carbonyl (C=O) groups excluding carboxylic acids is 1. The molecule has 0 unspecified atom stereocenters. The fourth-order valence-electron chi connectivity index (χ4n) is 2.85. The van der Waals surface area contributed by atoms with Gasteiger partial charge in [0.05, 0.1) is 18.0 Å². The highest BCUT2D eigenvalue weighted by atomic mass is 35.5. The summed E-state index contributed by atoms with van der Waals surface area (Å²) in [6.45, 7) is 4.63. The van der Waals surface area contributed by atoms with E-state index in [1.165, 1.54) is 4.80 Å². The number of hydrogen-bond donors (Lipinski definition) is 2. The molecule has 0 bridgehead atoms. The Labute approximate surface area is 165 Å². The predicted molar refractivity (Wildman–Crippen MR) is 104 cm³/mol. The molecule has 1 aromatic heterocycles. The summed E-state index contributed by atoms with van der Waals surface area (Å²) in [7, 11) is 1.64. The van der Waals surface area contributed by atoms with Gasteiger partial charge in [-0.2, -0.15) is 9.90 Å². The lowest BCUT2D eigenvalue weighted by atomic mass is 10.1. The zero-order chi connectivity index (χ0) is 18.4. The van der Waals surface area contributed by atoms with Crippen LogP contribution in [0.2, 0.25) is 0 Å². The van der Waals surface area contributed by atoms with Crippen LogP contribution in [0, 0.1) is 6.92 Å². The summed E-state index contributed by atoms with van der Waals surface area (Å²) < 4.78 is 10.5. The molecule has 0 saturated carbocycles. The SMILES string of the molecule is COCCOc1ccc(-n2nc(C)c(C(=O)N[C@H]3CCCNC3)n2)cc1.Cl. The summed E-state index contributed by atoms with van der Waals surface area (Å²) in [6, 6.07) is 7.54. The second kappa shape index (κ2) is 10.2. The Kier molecular flexibility index (Phi) is 8.02. The molecule has 8 nitrogen and oxygen atoms in total. The van der Waals surface area contributed by atoms with Crippen molar-refractivity contribution in [2.75, 3.05) is 33.4 Å². The zero-order valence-electron chi connectivity index (χ0n) is 15.6. The number of methoxy groups -OCH3 is 1. The molecule has 2 aromatic rings. The van der Waals surface area contributed by atoms with Gasteiger partial charge in [0.2, 0.25) is 0 Å². The summed E-state index contributed by atoms with van der Waals surface area (Å²) in [5.41, 5.74) is 1.73. The molecule has 0 radical (unpaired) electrons. The zero-order valence-corrected chi connectivity index (χ0v) is 16.4. The highest BCUT2D eigenvalue weighted by Crippen LogP contribution is 2.15. The second-order valence-electron chi connectivity index (χ2n) is 6.28. The van der Waals surface area contributed by atoms with Gasteiger partial charge in [-0.3, -0.25) is 4.79 Å². The van der Waals surface area contributed by atoms with Gasteiger partial charge < -0.3 is 20.1 Å². The lowest BCUT2D eigenvalue weighted by Gasteiger charge is -2.23.